The molecule has 1 aromatic heterocycles. The third-order valence-electron chi connectivity index (χ3n) is 4.57. The van der Waals surface area contributed by atoms with Crippen molar-refractivity contribution in [3.8, 4) is 33.9 Å². The first-order chi connectivity index (χ1) is 13.6. The van der Waals surface area contributed by atoms with Crippen LogP contribution in [0.1, 0.15) is 0 Å². The highest BCUT2D eigenvalue weighted by Crippen LogP contribution is 2.32. The van der Waals surface area contributed by atoms with Crippen molar-refractivity contribution >= 4 is 5.69 Å². The second kappa shape index (κ2) is 7.53. The van der Waals surface area contributed by atoms with E-state index in [1.54, 1.807) is 0 Å². The minimum Gasteiger partial charge on any atom is -0.437 e. The normalized spacial score (nSPS) is 10.6. The summed E-state index contributed by atoms with van der Waals surface area (Å²) in [5.41, 5.74) is 3.63. The van der Waals surface area contributed by atoms with Crippen molar-refractivity contribution in [3.63, 3.8) is 0 Å². The molecule has 0 fully saturated rings. The molecule has 1 heterocycles. The van der Waals surface area contributed by atoms with Gasteiger partial charge < -0.3 is 9.32 Å². The second-order valence-corrected chi connectivity index (χ2v) is 6.70. The van der Waals surface area contributed by atoms with Gasteiger partial charge >= 0.3 is 0 Å². The van der Waals surface area contributed by atoms with Gasteiger partial charge in [-0.3, -0.25) is 4.79 Å². The first-order valence-electron chi connectivity index (χ1n) is 9.07. The molecule has 0 bridgehead atoms. The molecule has 0 saturated carbocycles. The molecule has 0 amide bonds. The lowest BCUT2D eigenvalue weighted by Crippen LogP contribution is -2.12. The fourth-order valence-electron chi connectivity index (χ4n) is 3.09. The summed E-state index contributed by atoms with van der Waals surface area (Å²) >= 11 is 0. The summed E-state index contributed by atoms with van der Waals surface area (Å²) in [5, 5.41) is 0. The van der Waals surface area contributed by atoms with Gasteiger partial charge in [0, 0.05) is 30.9 Å². The molecular formula is C24H20N2O2. The molecule has 0 spiro atoms. The van der Waals surface area contributed by atoms with Gasteiger partial charge in [0.15, 0.2) is 0 Å². The van der Waals surface area contributed by atoms with Gasteiger partial charge in [0.1, 0.15) is 5.76 Å². The van der Waals surface area contributed by atoms with Crippen LogP contribution in [0.4, 0.5) is 5.69 Å². The lowest BCUT2D eigenvalue weighted by Gasteiger charge is -2.13. The number of benzene rings is 3. The van der Waals surface area contributed by atoms with E-state index < -0.39 is 0 Å². The SMILES string of the molecule is CN(C)c1ccc(-c2nc(=O)c(-c3ccccc3)c(-c3ccccc3)o2)cc1. The van der Waals surface area contributed by atoms with E-state index in [2.05, 4.69) is 4.98 Å². The standard InChI is InChI=1S/C24H20N2O2/c1-26(2)20-15-13-19(14-16-20)24-25-23(27)21(17-9-5-3-6-10-17)22(28-24)18-11-7-4-8-12-18/h3-16H,1-2H3. The lowest BCUT2D eigenvalue weighted by molar-refractivity contribution is 0.559. The molecule has 0 aliphatic rings. The molecule has 0 atom stereocenters. The molecule has 0 unspecified atom stereocenters. The van der Waals surface area contributed by atoms with Crippen LogP contribution in [0.25, 0.3) is 33.9 Å². The van der Waals surface area contributed by atoms with Crippen molar-refractivity contribution < 1.29 is 4.42 Å². The van der Waals surface area contributed by atoms with Crippen LogP contribution < -0.4 is 10.5 Å². The van der Waals surface area contributed by atoms with Gasteiger partial charge in [-0.1, -0.05) is 60.7 Å². The van der Waals surface area contributed by atoms with Crippen LogP contribution in [0.15, 0.2) is 94.1 Å². The maximum absolute atomic E-state index is 13.0. The highest BCUT2D eigenvalue weighted by Gasteiger charge is 2.18. The third kappa shape index (κ3) is 3.45. The van der Waals surface area contributed by atoms with Crippen LogP contribution >= 0.6 is 0 Å². The zero-order valence-corrected chi connectivity index (χ0v) is 15.8. The zero-order chi connectivity index (χ0) is 19.5. The fraction of sp³-hybridized carbons (Fsp3) is 0.0833. The minimum atomic E-state index is -0.303. The molecule has 3 aromatic carbocycles. The van der Waals surface area contributed by atoms with Gasteiger partial charge in [-0.15, -0.1) is 0 Å². The van der Waals surface area contributed by atoms with E-state index in [4.69, 9.17) is 4.42 Å². The van der Waals surface area contributed by atoms with Crippen molar-refractivity contribution in [1.82, 2.24) is 4.98 Å². The van der Waals surface area contributed by atoms with Crippen LogP contribution in [0, 0.1) is 0 Å². The summed E-state index contributed by atoms with van der Waals surface area (Å²) < 4.78 is 6.19. The molecule has 4 rings (SSSR count). The van der Waals surface area contributed by atoms with Crippen LogP contribution in [-0.2, 0) is 0 Å². The van der Waals surface area contributed by atoms with Crippen LogP contribution in [-0.4, -0.2) is 19.1 Å². The van der Waals surface area contributed by atoms with Crippen LogP contribution in [0.3, 0.4) is 0 Å². The van der Waals surface area contributed by atoms with E-state index in [-0.39, 0.29) is 5.56 Å². The van der Waals surface area contributed by atoms with E-state index >= 15 is 0 Å². The average molecular weight is 368 g/mol. The second-order valence-electron chi connectivity index (χ2n) is 6.70. The molecule has 0 N–H and O–H groups in total. The number of rotatable bonds is 4. The summed E-state index contributed by atoms with van der Waals surface area (Å²) in [6, 6.07) is 26.9. The maximum atomic E-state index is 13.0. The average Bonchev–Trinajstić information content (AvgIpc) is 2.74. The number of hydrogen-bond donors (Lipinski definition) is 0. The Kier molecular flexibility index (Phi) is 4.77. The molecular weight excluding hydrogens is 348 g/mol. The van der Waals surface area contributed by atoms with E-state index in [0.717, 1.165) is 22.4 Å². The molecule has 0 radical (unpaired) electrons. The number of aromatic nitrogens is 1. The Bertz CT molecular complexity index is 1130. The molecule has 4 nitrogen and oxygen atoms in total. The van der Waals surface area contributed by atoms with E-state index in [1.807, 2.05) is 104 Å². The topological polar surface area (TPSA) is 46.3 Å². The maximum Gasteiger partial charge on any atom is 0.284 e. The highest BCUT2D eigenvalue weighted by molar-refractivity contribution is 5.79. The van der Waals surface area contributed by atoms with Crippen molar-refractivity contribution in [2.75, 3.05) is 19.0 Å². The molecule has 0 aliphatic heterocycles. The Morgan fingerprint density at radius 3 is 1.86 bits per heavy atom. The van der Waals surface area contributed by atoms with Crippen molar-refractivity contribution in [2.24, 2.45) is 0 Å². The summed E-state index contributed by atoms with van der Waals surface area (Å²) in [7, 11) is 3.96. The molecule has 0 saturated heterocycles. The summed E-state index contributed by atoms with van der Waals surface area (Å²) in [4.78, 5) is 19.3. The Labute approximate surface area is 163 Å². The predicted molar refractivity (Wildman–Crippen MR) is 113 cm³/mol. The molecule has 0 aliphatic carbocycles. The van der Waals surface area contributed by atoms with Crippen molar-refractivity contribution in [1.29, 1.82) is 0 Å². The smallest absolute Gasteiger partial charge is 0.284 e. The van der Waals surface area contributed by atoms with Gasteiger partial charge in [-0.2, -0.15) is 4.98 Å². The number of nitrogens with zero attached hydrogens (tertiary/aromatic N) is 2. The third-order valence-corrected chi connectivity index (χ3v) is 4.57. The van der Waals surface area contributed by atoms with E-state index in [0.29, 0.717) is 17.2 Å². The van der Waals surface area contributed by atoms with E-state index in [1.165, 1.54) is 0 Å². The van der Waals surface area contributed by atoms with Gasteiger partial charge in [-0.25, -0.2) is 0 Å². The summed E-state index contributed by atoms with van der Waals surface area (Å²) in [6.45, 7) is 0. The highest BCUT2D eigenvalue weighted by atomic mass is 16.3. The summed E-state index contributed by atoms with van der Waals surface area (Å²) in [5.74, 6) is 0.840. The summed E-state index contributed by atoms with van der Waals surface area (Å²) in [6.07, 6.45) is 0. The van der Waals surface area contributed by atoms with Gasteiger partial charge in [0.05, 0.1) is 5.56 Å². The molecule has 138 valence electrons. The zero-order valence-electron chi connectivity index (χ0n) is 15.8. The Morgan fingerprint density at radius 1 is 0.714 bits per heavy atom. The van der Waals surface area contributed by atoms with E-state index in [9.17, 15) is 4.79 Å². The molecule has 4 aromatic rings. The number of anilines is 1. The Morgan fingerprint density at radius 2 is 1.29 bits per heavy atom. The van der Waals surface area contributed by atoms with Gasteiger partial charge in [-0.05, 0) is 29.8 Å². The first-order valence-corrected chi connectivity index (χ1v) is 9.07. The Hall–Kier alpha value is -3.66. The van der Waals surface area contributed by atoms with Crippen LogP contribution in [0.2, 0.25) is 0 Å². The fourth-order valence-corrected chi connectivity index (χ4v) is 3.09. The van der Waals surface area contributed by atoms with Crippen molar-refractivity contribution in [3.05, 3.63) is 95.3 Å². The number of hydrogen-bond acceptors (Lipinski definition) is 4. The monoisotopic (exact) mass is 368 g/mol. The quantitative estimate of drug-likeness (QED) is 0.503. The van der Waals surface area contributed by atoms with Crippen molar-refractivity contribution in [2.45, 2.75) is 0 Å². The van der Waals surface area contributed by atoms with Gasteiger partial charge in [0.25, 0.3) is 5.56 Å². The van der Waals surface area contributed by atoms with Gasteiger partial charge in [0.2, 0.25) is 5.89 Å². The minimum absolute atomic E-state index is 0.303. The lowest BCUT2D eigenvalue weighted by atomic mass is 10.0. The largest absolute Gasteiger partial charge is 0.437 e. The van der Waals surface area contributed by atoms with Crippen LogP contribution in [0.5, 0.6) is 0 Å². The molecule has 4 heteroatoms. The predicted octanol–water partition coefficient (Wildman–Crippen LogP) is 5.10. The first kappa shape index (κ1) is 17.7. The Balaban J connectivity index is 1.92. The molecule has 28 heavy (non-hydrogen) atoms.